The monoisotopic (exact) mass is 533 g/mol. The first-order valence-corrected chi connectivity index (χ1v) is 12.3. The number of nitrogens with zero attached hydrogens (tertiary/aromatic N) is 2. The van der Waals surface area contributed by atoms with E-state index in [9.17, 15) is 22.8 Å². The van der Waals surface area contributed by atoms with Crippen molar-refractivity contribution in [3.05, 3.63) is 41.4 Å². The summed E-state index contributed by atoms with van der Waals surface area (Å²) < 4.78 is 50.9. The van der Waals surface area contributed by atoms with Gasteiger partial charge in [-0.05, 0) is 50.5 Å². The van der Waals surface area contributed by atoms with Crippen molar-refractivity contribution in [1.29, 1.82) is 0 Å². The predicted octanol–water partition coefficient (Wildman–Crippen LogP) is 4.36. The first-order valence-electron chi connectivity index (χ1n) is 12.3. The second-order valence-corrected chi connectivity index (χ2v) is 9.78. The molecule has 1 aromatic carbocycles. The highest BCUT2D eigenvalue weighted by atomic mass is 19.4. The fourth-order valence-corrected chi connectivity index (χ4v) is 3.99. The van der Waals surface area contributed by atoms with E-state index in [4.69, 9.17) is 14.9 Å². The molecule has 1 aliphatic carbocycles. The van der Waals surface area contributed by atoms with Crippen molar-refractivity contribution in [2.45, 2.75) is 58.3 Å². The number of methoxy groups -OCH3 is 1. The van der Waals surface area contributed by atoms with Gasteiger partial charge >= 0.3 is 6.18 Å². The number of aromatic nitrogens is 2. The summed E-state index contributed by atoms with van der Waals surface area (Å²) in [6, 6.07) is 4.16. The molecule has 38 heavy (non-hydrogen) atoms. The van der Waals surface area contributed by atoms with Gasteiger partial charge < -0.3 is 25.5 Å². The maximum absolute atomic E-state index is 13.3. The standard InChI is InChI=1S/C26H30F3N5O4/c1-5-14(32-24(36)25(3)10-11-25)12-31-22(35)20-21(13(2)30)38-23(34-20)16-6-8-17(37-4)19-15(16)7-9-18(33-19)26(27,28)29/h6-9,13-14H,5,10-12,30H2,1-4H3,(H,31,35)(H,32,36)/t13-,14+/m0/s1. The van der Waals surface area contributed by atoms with Crippen molar-refractivity contribution in [3.63, 3.8) is 0 Å². The maximum atomic E-state index is 13.3. The number of carbonyl (C=O) groups is 2. The average Bonchev–Trinajstić information content (AvgIpc) is 3.47. The van der Waals surface area contributed by atoms with Gasteiger partial charge in [-0.1, -0.05) is 13.8 Å². The van der Waals surface area contributed by atoms with Crippen molar-refractivity contribution < 1.29 is 31.9 Å². The number of oxazole rings is 1. The van der Waals surface area contributed by atoms with Gasteiger partial charge in [-0.2, -0.15) is 13.2 Å². The predicted molar refractivity (Wildman–Crippen MR) is 133 cm³/mol. The van der Waals surface area contributed by atoms with Crippen LogP contribution >= 0.6 is 0 Å². The van der Waals surface area contributed by atoms with Crippen LogP contribution in [0.3, 0.4) is 0 Å². The average molecular weight is 534 g/mol. The van der Waals surface area contributed by atoms with E-state index in [1.165, 1.54) is 19.2 Å². The zero-order valence-corrected chi connectivity index (χ0v) is 21.5. The summed E-state index contributed by atoms with van der Waals surface area (Å²) in [5.74, 6) is -0.331. The van der Waals surface area contributed by atoms with E-state index in [0.717, 1.165) is 18.9 Å². The Bertz CT molecular complexity index is 1360. The highest BCUT2D eigenvalue weighted by molar-refractivity contribution is 5.98. The Kier molecular flexibility index (Phi) is 7.37. The van der Waals surface area contributed by atoms with E-state index in [-0.39, 0.29) is 52.5 Å². The van der Waals surface area contributed by atoms with Crippen LogP contribution in [0.15, 0.2) is 28.7 Å². The number of fused-ring (bicyclic) bond motifs is 1. The van der Waals surface area contributed by atoms with Crippen molar-refractivity contribution in [1.82, 2.24) is 20.6 Å². The van der Waals surface area contributed by atoms with Crippen molar-refractivity contribution in [2.75, 3.05) is 13.7 Å². The van der Waals surface area contributed by atoms with E-state index >= 15 is 0 Å². The molecule has 0 aliphatic heterocycles. The van der Waals surface area contributed by atoms with E-state index in [1.54, 1.807) is 13.0 Å². The minimum Gasteiger partial charge on any atom is -0.494 e. The topological polar surface area (TPSA) is 132 Å². The molecule has 0 saturated heterocycles. The van der Waals surface area contributed by atoms with Crippen LogP contribution in [0.4, 0.5) is 13.2 Å². The van der Waals surface area contributed by atoms with Crippen LogP contribution in [-0.2, 0) is 11.0 Å². The SMILES string of the molecule is CC[C@H](CNC(=O)c1nc(-c2ccc(OC)c3nc(C(F)(F)F)ccc23)oc1[C@H](C)N)NC(=O)C1(C)CC1. The Hall–Kier alpha value is -3.67. The second-order valence-electron chi connectivity index (χ2n) is 9.78. The smallest absolute Gasteiger partial charge is 0.433 e. The number of halogens is 3. The van der Waals surface area contributed by atoms with E-state index in [2.05, 4.69) is 20.6 Å². The lowest BCUT2D eigenvalue weighted by Crippen LogP contribution is -2.45. The molecule has 4 rings (SSSR count). The number of pyridine rings is 1. The molecular formula is C26H30F3N5O4. The van der Waals surface area contributed by atoms with Crippen LogP contribution < -0.4 is 21.1 Å². The molecule has 2 aromatic heterocycles. The zero-order valence-electron chi connectivity index (χ0n) is 21.5. The van der Waals surface area contributed by atoms with Gasteiger partial charge in [0.05, 0.1) is 13.2 Å². The fraction of sp³-hybridized carbons (Fsp3) is 0.462. The third kappa shape index (κ3) is 5.45. The van der Waals surface area contributed by atoms with Gasteiger partial charge in [-0.3, -0.25) is 9.59 Å². The van der Waals surface area contributed by atoms with Crippen LogP contribution in [-0.4, -0.2) is 41.5 Å². The normalized spacial score (nSPS) is 16.1. The molecule has 4 N–H and O–H groups in total. The molecule has 1 saturated carbocycles. The number of nitrogens with one attached hydrogen (secondary N) is 2. The van der Waals surface area contributed by atoms with Crippen LogP contribution in [0.5, 0.6) is 5.75 Å². The summed E-state index contributed by atoms with van der Waals surface area (Å²) in [5.41, 5.74) is 4.88. The Morgan fingerprint density at radius 2 is 1.92 bits per heavy atom. The summed E-state index contributed by atoms with van der Waals surface area (Å²) in [7, 11) is 1.33. The van der Waals surface area contributed by atoms with Gasteiger partial charge in [0.15, 0.2) is 11.5 Å². The largest absolute Gasteiger partial charge is 0.494 e. The minimum absolute atomic E-state index is 0.00124. The number of hydrogen-bond acceptors (Lipinski definition) is 7. The quantitative estimate of drug-likeness (QED) is 0.372. The highest BCUT2D eigenvalue weighted by Crippen LogP contribution is 2.45. The lowest BCUT2D eigenvalue weighted by molar-refractivity contribution is -0.141. The molecule has 12 heteroatoms. The summed E-state index contributed by atoms with van der Waals surface area (Å²) >= 11 is 0. The van der Waals surface area contributed by atoms with Gasteiger partial charge in [-0.25, -0.2) is 9.97 Å². The van der Waals surface area contributed by atoms with Crippen molar-refractivity contribution in [2.24, 2.45) is 11.1 Å². The van der Waals surface area contributed by atoms with E-state index < -0.39 is 23.8 Å². The number of rotatable bonds is 9. The summed E-state index contributed by atoms with van der Waals surface area (Å²) in [4.78, 5) is 33.6. The van der Waals surface area contributed by atoms with Gasteiger partial charge in [0.2, 0.25) is 11.8 Å². The molecule has 0 bridgehead atoms. The van der Waals surface area contributed by atoms with Crippen molar-refractivity contribution in [3.8, 4) is 17.2 Å². The number of hydrogen-bond donors (Lipinski definition) is 3. The number of carbonyl (C=O) groups excluding carboxylic acids is 2. The van der Waals surface area contributed by atoms with Gasteiger partial charge in [-0.15, -0.1) is 0 Å². The third-order valence-corrected chi connectivity index (χ3v) is 6.73. The number of ether oxygens (including phenoxy) is 1. The molecule has 0 unspecified atom stereocenters. The molecule has 0 spiro atoms. The molecule has 2 atom stereocenters. The van der Waals surface area contributed by atoms with Crippen LogP contribution in [0.2, 0.25) is 0 Å². The van der Waals surface area contributed by atoms with Gasteiger partial charge in [0.1, 0.15) is 17.0 Å². The van der Waals surface area contributed by atoms with Crippen LogP contribution in [0.25, 0.3) is 22.4 Å². The Balaban J connectivity index is 1.63. The first-order chi connectivity index (χ1) is 17.9. The Labute approximate surface area is 217 Å². The molecule has 0 radical (unpaired) electrons. The Morgan fingerprint density at radius 3 is 2.50 bits per heavy atom. The molecular weight excluding hydrogens is 503 g/mol. The Morgan fingerprint density at radius 1 is 1.21 bits per heavy atom. The summed E-state index contributed by atoms with van der Waals surface area (Å²) in [6.45, 7) is 5.60. The fourth-order valence-electron chi connectivity index (χ4n) is 3.99. The number of benzene rings is 1. The van der Waals surface area contributed by atoms with Gasteiger partial charge in [0.25, 0.3) is 5.91 Å². The molecule has 9 nitrogen and oxygen atoms in total. The molecule has 1 aliphatic rings. The van der Waals surface area contributed by atoms with Crippen LogP contribution in [0.1, 0.15) is 68.0 Å². The molecule has 2 amide bonds. The molecule has 1 fully saturated rings. The van der Waals surface area contributed by atoms with Gasteiger partial charge in [0, 0.05) is 29.0 Å². The van der Waals surface area contributed by atoms with Crippen molar-refractivity contribution >= 4 is 22.7 Å². The molecule has 2 heterocycles. The lowest BCUT2D eigenvalue weighted by Gasteiger charge is -2.20. The molecule has 3 aromatic rings. The summed E-state index contributed by atoms with van der Waals surface area (Å²) in [5, 5.41) is 6.04. The maximum Gasteiger partial charge on any atom is 0.433 e. The number of nitrogens with two attached hydrogens (primary N) is 1. The first kappa shape index (κ1) is 27.4. The lowest BCUT2D eigenvalue weighted by atomic mass is 10.1. The van der Waals surface area contributed by atoms with E-state index in [1.807, 2.05) is 13.8 Å². The summed E-state index contributed by atoms with van der Waals surface area (Å²) in [6.07, 6.45) is -2.35. The molecule has 204 valence electrons. The number of alkyl halides is 3. The highest BCUT2D eigenvalue weighted by Gasteiger charge is 2.45. The number of amides is 2. The zero-order chi connectivity index (χ0) is 27.8. The van der Waals surface area contributed by atoms with Crippen LogP contribution in [0, 0.1) is 5.41 Å². The van der Waals surface area contributed by atoms with E-state index in [0.29, 0.717) is 17.4 Å². The second kappa shape index (κ2) is 10.2. The minimum atomic E-state index is -4.64. The third-order valence-electron chi connectivity index (χ3n) is 6.73.